The van der Waals surface area contributed by atoms with E-state index >= 15 is 0 Å². The van der Waals surface area contributed by atoms with Gasteiger partial charge >= 0.3 is 0 Å². The van der Waals surface area contributed by atoms with Crippen LogP contribution in [0.25, 0.3) is 0 Å². The third-order valence-corrected chi connectivity index (χ3v) is 6.33. The van der Waals surface area contributed by atoms with Crippen molar-refractivity contribution in [1.29, 1.82) is 0 Å². The van der Waals surface area contributed by atoms with Crippen LogP contribution < -0.4 is 10.5 Å². The summed E-state index contributed by atoms with van der Waals surface area (Å²) < 4.78 is 38.3. The molecule has 21 heavy (non-hydrogen) atoms. The van der Waals surface area contributed by atoms with Crippen molar-refractivity contribution in [3.05, 3.63) is 35.4 Å². The molecule has 0 saturated carbocycles. The van der Waals surface area contributed by atoms with Gasteiger partial charge in [-0.25, -0.2) is 13.1 Å². The average Bonchev–Trinajstić information content (AvgIpc) is 2.41. The number of benzene rings is 1. The minimum absolute atomic E-state index is 0.108. The molecule has 0 aliphatic carbocycles. The van der Waals surface area contributed by atoms with Gasteiger partial charge in [0.2, 0.25) is 10.0 Å². The Bertz CT molecular complexity index is 648. The fourth-order valence-corrected chi connectivity index (χ4v) is 5.11. The lowest BCUT2D eigenvalue weighted by Gasteiger charge is -2.22. The summed E-state index contributed by atoms with van der Waals surface area (Å²) in [6.07, 6.45) is 1.25. The number of nitrogens with two attached hydrogens (primary N) is 1. The first-order valence-corrected chi connectivity index (χ1v) is 10.1. The molecule has 2 rings (SSSR count). The fourth-order valence-electron chi connectivity index (χ4n) is 2.24. The maximum Gasteiger partial charge on any atom is 0.216 e. The highest BCUT2D eigenvalue weighted by Gasteiger charge is 2.23. The van der Waals surface area contributed by atoms with Gasteiger partial charge in [-0.05, 0) is 24.5 Å². The zero-order chi connectivity index (χ0) is 15.5. The Morgan fingerprint density at radius 3 is 2.67 bits per heavy atom. The quantitative estimate of drug-likeness (QED) is 0.764. The number of hydrogen-bond acceptors (Lipinski definition) is 4. The highest BCUT2D eigenvalue weighted by molar-refractivity contribution is 7.88. The summed E-state index contributed by atoms with van der Waals surface area (Å²) in [5.74, 6) is 1.01. The van der Waals surface area contributed by atoms with Crippen molar-refractivity contribution in [3.8, 4) is 0 Å². The Hall–Kier alpha value is -0.830. The van der Waals surface area contributed by atoms with E-state index in [1.165, 1.54) is 0 Å². The second kappa shape index (κ2) is 6.95. The van der Waals surface area contributed by atoms with Crippen LogP contribution >= 0.6 is 12.2 Å². The van der Waals surface area contributed by atoms with Gasteiger partial charge in [-0.15, -0.1) is 0 Å². The van der Waals surface area contributed by atoms with Gasteiger partial charge in [-0.3, -0.25) is 4.21 Å². The molecule has 0 spiro atoms. The molecule has 1 aliphatic rings. The highest BCUT2D eigenvalue weighted by Crippen LogP contribution is 2.13. The summed E-state index contributed by atoms with van der Waals surface area (Å²) in [5.41, 5.74) is 6.85. The summed E-state index contributed by atoms with van der Waals surface area (Å²) in [5, 5.41) is 0. The maximum absolute atomic E-state index is 12.2. The topological polar surface area (TPSA) is 89.3 Å². The molecule has 3 N–H and O–H groups in total. The van der Waals surface area contributed by atoms with Gasteiger partial charge < -0.3 is 5.73 Å². The molecule has 0 amide bonds. The van der Waals surface area contributed by atoms with E-state index in [2.05, 4.69) is 4.72 Å². The molecule has 1 fully saturated rings. The van der Waals surface area contributed by atoms with Crippen molar-refractivity contribution < 1.29 is 12.6 Å². The van der Waals surface area contributed by atoms with Crippen molar-refractivity contribution in [2.75, 3.05) is 11.5 Å². The van der Waals surface area contributed by atoms with Gasteiger partial charge in [0.15, 0.2) is 0 Å². The number of nitrogens with one attached hydrogen (secondary N) is 1. The summed E-state index contributed by atoms with van der Waals surface area (Å²) in [6, 6.07) is 6.80. The van der Waals surface area contributed by atoms with Crippen molar-refractivity contribution in [2.45, 2.75) is 24.6 Å². The van der Waals surface area contributed by atoms with Crippen molar-refractivity contribution in [2.24, 2.45) is 5.73 Å². The number of rotatable bonds is 5. The Morgan fingerprint density at radius 2 is 2.05 bits per heavy atom. The smallest absolute Gasteiger partial charge is 0.216 e. The van der Waals surface area contributed by atoms with Gasteiger partial charge in [0.25, 0.3) is 0 Å². The molecule has 0 bridgehead atoms. The lowest BCUT2D eigenvalue weighted by Crippen LogP contribution is -2.40. The molecular formula is C13H18N2O3S3. The maximum atomic E-state index is 12.2. The first kappa shape index (κ1) is 16.5. The van der Waals surface area contributed by atoms with Crippen LogP contribution in [0.2, 0.25) is 0 Å². The molecule has 8 heteroatoms. The van der Waals surface area contributed by atoms with Crippen LogP contribution in [0, 0.1) is 0 Å². The molecule has 1 heterocycles. The molecule has 1 saturated heterocycles. The average molecular weight is 346 g/mol. The SMILES string of the molecule is NC(=S)c1cccc(CS(=O)(=O)NC2CCS(=O)CC2)c1. The van der Waals surface area contributed by atoms with Crippen LogP contribution in [-0.4, -0.2) is 35.2 Å². The van der Waals surface area contributed by atoms with E-state index in [0.29, 0.717) is 35.5 Å². The largest absolute Gasteiger partial charge is 0.389 e. The third kappa shape index (κ3) is 5.14. The van der Waals surface area contributed by atoms with E-state index in [4.69, 9.17) is 18.0 Å². The van der Waals surface area contributed by atoms with E-state index in [0.717, 1.165) is 0 Å². The molecule has 5 nitrogen and oxygen atoms in total. The normalized spacial score (nSPS) is 22.9. The standard InChI is InChI=1S/C13H18N2O3S3/c14-13(19)11-3-1-2-10(8-11)9-21(17,18)15-12-4-6-20(16)7-5-12/h1-3,8,12,15H,4-7,9H2,(H2,14,19). The van der Waals surface area contributed by atoms with E-state index in [1.807, 2.05) is 0 Å². The van der Waals surface area contributed by atoms with Crippen molar-refractivity contribution >= 4 is 38.0 Å². The minimum Gasteiger partial charge on any atom is -0.389 e. The Morgan fingerprint density at radius 1 is 1.38 bits per heavy atom. The number of sulfonamides is 1. The molecule has 1 aliphatic heterocycles. The number of hydrogen-bond donors (Lipinski definition) is 2. The monoisotopic (exact) mass is 346 g/mol. The Labute approximate surface area is 132 Å². The first-order chi connectivity index (χ1) is 9.85. The molecule has 1 aromatic carbocycles. The minimum atomic E-state index is -3.43. The van der Waals surface area contributed by atoms with E-state index in [1.54, 1.807) is 24.3 Å². The summed E-state index contributed by atoms with van der Waals surface area (Å²) in [7, 11) is -4.23. The summed E-state index contributed by atoms with van der Waals surface area (Å²) in [6.45, 7) is 0. The Kier molecular flexibility index (Phi) is 5.48. The van der Waals surface area contributed by atoms with Gasteiger partial charge in [0.1, 0.15) is 4.99 Å². The fraction of sp³-hybridized carbons (Fsp3) is 0.462. The van der Waals surface area contributed by atoms with Crippen LogP contribution in [0.5, 0.6) is 0 Å². The van der Waals surface area contributed by atoms with E-state index in [9.17, 15) is 12.6 Å². The van der Waals surface area contributed by atoms with Gasteiger partial charge in [0.05, 0.1) is 5.75 Å². The second-order valence-electron chi connectivity index (χ2n) is 5.06. The zero-order valence-corrected chi connectivity index (χ0v) is 13.9. The molecule has 0 atom stereocenters. The molecule has 1 aromatic rings. The first-order valence-electron chi connectivity index (χ1n) is 6.59. The van der Waals surface area contributed by atoms with Crippen LogP contribution in [0.15, 0.2) is 24.3 Å². The number of thiocarbonyl (C=S) groups is 1. The highest BCUT2D eigenvalue weighted by atomic mass is 32.2. The molecular weight excluding hydrogens is 328 g/mol. The lowest BCUT2D eigenvalue weighted by atomic mass is 10.1. The van der Waals surface area contributed by atoms with Crippen LogP contribution in [0.1, 0.15) is 24.0 Å². The van der Waals surface area contributed by atoms with Crippen LogP contribution in [0.3, 0.4) is 0 Å². The molecule has 0 unspecified atom stereocenters. The van der Waals surface area contributed by atoms with Gasteiger partial charge in [0, 0.05) is 33.9 Å². The Balaban J connectivity index is 2.02. The van der Waals surface area contributed by atoms with Crippen molar-refractivity contribution in [3.63, 3.8) is 0 Å². The van der Waals surface area contributed by atoms with Crippen LogP contribution in [-0.2, 0) is 26.6 Å². The molecule has 0 aromatic heterocycles. The second-order valence-corrected chi connectivity index (χ2v) is 8.95. The van der Waals surface area contributed by atoms with E-state index in [-0.39, 0.29) is 16.8 Å². The van der Waals surface area contributed by atoms with Crippen LogP contribution in [0.4, 0.5) is 0 Å². The van der Waals surface area contributed by atoms with Gasteiger partial charge in [-0.1, -0.05) is 30.4 Å². The van der Waals surface area contributed by atoms with Crippen molar-refractivity contribution in [1.82, 2.24) is 4.72 Å². The predicted octanol–water partition coefficient (Wildman–Crippen LogP) is 0.651. The lowest BCUT2D eigenvalue weighted by molar-refractivity contribution is 0.521. The third-order valence-electron chi connectivity index (χ3n) is 3.30. The predicted molar refractivity (Wildman–Crippen MR) is 89.0 cm³/mol. The van der Waals surface area contributed by atoms with E-state index < -0.39 is 20.8 Å². The summed E-state index contributed by atoms with van der Waals surface area (Å²) in [4.78, 5) is 0.247. The summed E-state index contributed by atoms with van der Waals surface area (Å²) >= 11 is 4.89. The van der Waals surface area contributed by atoms with Gasteiger partial charge in [-0.2, -0.15) is 0 Å². The molecule has 0 radical (unpaired) electrons. The zero-order valence-electron chi connectivity index (χ0n) is 11.4. The molecule has 116 valence electrons.